The van der Waals surface area contributed by atoms with Gasteiger partial charge in [-0.3, -0.25) is 4.99 Å². The maximum Gasteiger partial charge on any atom is 0.231 e. The molecule has 1 aromatic rings. The number of ether oxygens (including phenoxy) is 3. The second-order valence-electron chi connectivity index (χ2n) is 6.03. The van der Waals surface area contributed by atoms with Crippen LogP contribution < -0.4 is 14.8 Å². The van der Waals surface area contributed by atoms with Gasteiger partial charge in [0.2, 0.25) is 6.79 Å². The summed E-state index contributed by atoms with van der Waals surface area (Å²) in [5.74, 6) is 3.28. The minimum absolute atomic E-state index is 0. The first-order valence-electron chi connectivity index (χ1n) is 8.14. The molecule has 1 heterocycles. The first-order valence-corrected chi connectivity index (χ1v) is 8.14. The Morgan fingerprint density at radius 3 is 2.88 bits per heavy atom. The van der Waals surface area contributed by atoms with Gasteiger partial charge in [-0.15, -0.1) is 24.0 Å². The Balaban J connectivity index is 0.00000208. The molecule has 1 aliphatic heterocycles. The standard InChI is InChI=1S/C17H25N3O3.HI/c1-18-17(20(2)7-8-21-11-13-3-4-13)19-10-14-5-6-15-16(9-14)23-12-22-15;/h5-6,9,13H,3-4,7-8,10-12H2,1-2H3,(H,18,19);1H. The molecule has 1 saturated carbocycles. The summed E-state index contributed by atoms with van der Waals surface area (Å²) in [7, 11) is 3.82. The van der Waals surface area contributed by atoms with Crippen LogP contribution in [-0.2, 0) is 11.3 Å². The van der Waals surface area contributed by atoms with E-state index >= 15 is 0 Å². The lowest BCUT2D eigenvalue weighted by Crippen LogP contribution is -2.40. The molecule has 0 atom stereocenters. The van der Waals surface area contributed by atoms with E-state index in [1.54, 1.807) is 7.05 Å². The van der Waals surface area contributed by atoms with E-state index in [1.165, 1.54) is 12.8 Å². The van der Waals surface area contributed by atoms with E-state index in [-0.39, 0.29) is 24.0 Å². The zero-order valence-corrected chi connectivity index (χ0v) is 16.6. The van der Waals surface area contributed by atoms with Crippen LogP contribution in [0, 0.1) is 5.92 Å². The van der Waals surface area contributed by atoms with Crippen LogP contribution in [0.3, 0.4) is 0 Å². The van der Waals surface area contributed by atoms with Gasteiger partial charge in [0.15, 0.2) is 17.5 Å². The van der Waals surface area contributed by atoms with E-state index < -0.39 is 0 Å². The SMILES string of the molecule is CN=C(NCc1ccc2c(c1)OCO2)N(C)CCOCC1CC1.I. The molecule has 0 radical (unpaired) electrons. The maximum atomic E-state index is 5.68. The van der Waals surface area contributed by atoms with Crippen LogP contribution in [0.25, 0.3) is 0 Å². The molecule has 3 rings (SSSR count). The molecule has 1 N–H and O–H groups in total. The van der Waals surface area contributed by atoms with Crippen molar-refractivity contribution >= 4 is 29.9 Å². The number of likely N-dealkylation sites (N-methyl/N-ethyl adjacent to an activating group) is 1. The maximum absolute atomic E-state index is 5.68. The molecule has 0 bridgehead atoms. The quantitative estimate of drug-likeness (QED) is 0.301. The summed E-state index contributed by atoms with van der Waals surface area (Å²) in [4.78, 5) is 6.40. The third kappa shape index (κ3) is 5.41. The Morgan fingerprint density at radius 2 is 2.12 bits per heavy atom. The molecule has 0 spiro atoms. The summed E-state index contributed by atoms with van der Waals surface area (Å²) in [6.45, 7) is 3.45. The molecule has 1 fully saturated rings. The largest absolute Gasteiger partial charge is 0.454 e. The van der Waals surface area contributed by atoms with Gasteiger partial charge in [-0.05, 0) is 36.5 Å². The summed E-state index contributed by atoms with van der Waals surface area (Å²) in [5.41, 5.74) is 1.13. The number of aliphatic imine (C=N–C) groups is 1. The molecule has 134 valence electrons. The second-order valence-corrected chi connectivity index (χ2v) is 6.03. The Kier molecular flexibility index (Phi) is 7.41. The Morgan fingerprint density at radius 1 is 1.33 bits per heavy atom. The van der Waals surface area contributed by atoms with Crippen molar-refractivity contribution in [3.8, 4) is 11.5 Å². The lowest BCUT2D eigenvalue weighted by Gasteiger charge is -2.22. The van der Waals surface area contributed by atoms with E-state index in [0.717, 1.165) is 48.7 Å². The fourth-order valence-corrected chi connectivity index (χ4v) is 2.46. The predicted molar refractivity (Wildman–Crippen MR) is 104 cm³/mol. The van der Waals surface area contributed by atoms with Crippen LogP contribution in [-0.4, -0.2) is 51.5 Å². The van der Waals surface area contributed by atoms with Gasteiger partial charge in [0.05, 0.1) is 6.61 Å². The first kappa shape index (κ1) is 19.1. The van der Waals surface area contributed by atoms with Gasteiger partial charge in [-0.25, -0.2) is 0 Å². The molecule has 0 amide bonds. The number of nitrogens with one attached hydrogen (secondary N) is 1. The number of hydrogen-bond donors (Lipinski definition) is 1. The number of nitrogens with zero attached hydrogens (tertiary/aromatic N) is 2. The number of benzene rings is 1. The molecule has 7 heteroatoms. The highest BCUT2D eigenvalue weighted by Crippen LogP contribution is 2.32. The van der Waals surface area contributed by atoms with Crippen molar-refractivity contribution in [1.29, 1.82) is 0 Å². The second kappa shape index (κ2) is 9.31. The zero-order chi connectivity index (χ0) is 16.1. The van der Waals surface area contributed by atoms with Crippen molar-refractivity contribution in [1.82, 2.24) is 10.2 Å². The summed E-state index contributed by atoms with van der Waals surface area (Å²) in [6.07, 6.45) is 2.66. The minimum atomic E-state index is 0. The molecule has 0 saturated heterocycles. The first-order chi connectivity index (χ1) is 11.3. The topological polar surface area (TPSA) is 55.3 Å². The lowest BCUT2D eigenvalue weighted by molar-refractivity contribution is 0.115. The highest BCUT2D eigenvalue weighted by molar-refractivity contribution is 14.0. The number of rotatable bonds is 7. The number of guanidine groups is 1. The summed E-state index contributed by atoms with van der Waals surface area (Å²) < 4.78 is 16.4. The number of hydrogen-bond acceptors (Lipinski definition) is 4. The van der Waals surface area contributed by atoms with Crippen molar-refractivity contribution in [3.63, 3.8) is 0 Å². The molecule has 6 nitrogen and oxygen atoms in total. The molecular formula is C17H26IN3O3. The Bertz CT molecular complexity index is 564. The fourth-order valence-electron chi connectivity index (χ4n) is 2.46. The number of halogens is 1. The average Bonchev–Trinajstić information content (AvgIpc) is 3.27. The molecule has 2 aliphatic rings. The average molecular weight is 447 g/mol. The van der Waals surface area contributed by atoms with Crippen molar-refractivity contribution in [3.05, 3.63) is 23.8 Å². The zero-order valence-electron chi connectivity index (χ0n) is 14.3. The van der Waals surface area contributed by atoms with Gasteiger partial charge in [-0.1, -0.05) is 6.07 Å². The highest BCUT2D eigenvalue weighted by atomic mass is 127. The molecule has 24 heavy (non-hydrogen) atoms. The summed E-state index contributed by atoms with van der Waals surface area (Å²) >= 11 is 0. The van der Waals surface area contributed by atoms with Crippen molar-refractivity contribution < 1.29 is 14.2 Å². The van der Waals surface area contributed by atoms with Crippen LogP contribution >= 0.6 is 24.0 Å². The Labute approximate surface area is 160 Å². The number of fused-ring (bicyclic) bond motifs is 1. The van der Waals surface area contributed by atoms with Crippen molar-refractivity contribution in [2.24, 2.45) is 10.9 Å². The molecule has 0 unspecified atom stereocenters. The van der Waals surface area contributed by atoms with Gasteiger partial charge in [0.1, 0.15) is 0 Å². The third-order valence-corrected chi connectivity index (χ3v) is 4.08. The summed E-state index contributed by atoms with van der Waals surface area (Å²) in [5, 5.41) is 3.36. The van der Waals surface area contributed by atoms with Gasteiger partial charge in [0, 0.05) is 33.8 Å². The Hall–Kier alpha value is -1.22. The molecule has 1 aliphatic carbocycles. The molecule has 1 aromatic carbocycles. The van der Waals surface area contributed by atoms with Crippen molar-refractivity contribution in [2.45, 2.75) is 19.4 Å². The van der Waals surface area contributed by atoms with Crippen LogP contribution in [0.4, 0.5) is 0 Å². The van der Waals surface area contributed by atoms with E-state index in [1.807, 2.05) is 25.2 Å². The molecule has 0 aromatic heterocycles. The van der Waals surface area contributed by atoms with Crippen molar-refractivity contribution in [2.75, 3.05) is 40.6 Å². The van der Waals surface area contributed by atoms with Gasteiger partial charge < -0.3 is 24.4 Å². The summed E-state index contributed by atoms with van der Waals surface area (Å²) in [6, 6.07) is 5.98. The normalized spacial score (nSPS) is 15.8. The predicted octanol–water partition coefficient (Wildman–Crippen LogP) is 2.47. The van der Waals surface area contributed by atoms with Gasteiger partial charge >= 0.3 is 0 Å². The van der Waals surface area contributed by atoms with E-state index in [2.05, 4.69) is 15.2 Å². The van der Waals surface area contributed by atoms with Gasteiger partial charge in [-0.2, -0.15) is 0 Å². The fraction of sp³-hybridized carbons (Fsp3) is 0.588. The molecular weight excluding hydrogens is 421 g/mol. The van der Waals surface area contributed by atoms with Gasteiger partial charge in [0.25, 0.3) is 0 Å². The third-order valence-electron chi connectivity index (χ3n) is 4.08. The highest BCUT2D eigenvalue weighted by Gasteiger charge is 2.21. The van der Waals surface area contributed by atoms with Crippen LogP contribution in [0.2, 0.25) is 0 Å². The van der Waals surface area contributed by atoms with E-state index in [9.17, 15) is 0 Å². The van der Waals surface area contributed by atoms with Crippen LogP contribution in [0.1, 0.15) is 18.4 Å². The van der Waals surface area contributed by atoms with E-state index in [0.29, 0.717) is 13.3 Å². The van der Waals surface area contributed by atoms with Crippen LogP contribution in [0.15, 0.2) is 23.2 Å². The lowest BCUT2D eigenvalue weighted by atomic mass is 10.2. The monoisotopic (exact) mass is 447 g/mol. The minimum Gasteiger partial charge on any atom is -0.454 e. The smallest absolute Gasteiger partial charge is 0.231 e. The van der Waals surface area contributed by atoms with Crippen LogP contribution in [0.5, 0.6) is 11.5 Å². The van der Waals surface area contributed by atoms with E-state index in [4.69, 9.17) is 14.2 Å².